The summed E-state index contributed by atoms with van der Waals surface area (Å²) in [5, 5.41) is 14.7. The van der Waals surface area contributed by atoms with Crippen LogP contribution in [0.15, 0.2) is 24.3 Å². The molecule has 0 aliphatic heterocycles. The third-order valence-electron chi connectivity index (χ3n) is 2.86. The fourth-order valence-corrected chi connectivity index (χ4v) is 1.51. The molecule has 1 aromatic carbocycles. The highest BCUT2D eigenvalue weighted by Gasteiger charge is 2.20. The molecule has 1 aromatic rings. The van der Waals surface area contributed by atoms with E-state index in [-0.39, 0.29) is 0 Å². The van der Waals surface area contributed by atoms with Crippen molar-refractivity contribution in [2.45, 2.75) is 26.4 Å². The number of aliphatic carboxylic acids is 1. The zero-order valence-corrected chi connectivity index (χ0v) is 11.6. The van der Waals surface area contributed by atoms with E-state index in [0.717, 1.165) is 5.56 Å². The van der Waals surface area contributed by atoms with E-state index in [1.54, 1.807) is 26.0 Å². The van der Waals surface area contributed by atoms with Gasteiger partial charge in [-0.3, -0.25) is 4.79 Å². The van der Waals surface area contributed by atoms with Gasteiger partial charge in [0, 0.05) is 17.6 Å². The number of carbonyl (C=O) groups excluding carboxylic acids is 1. The minimum absolute atomic E-state index is 0.358. The van der Waals surface area contributed by atoms with Gasteiger partial charge in [0.15, 0.2) is 0 Å². The molecule has 0 aromatic heterocycles. The SMILES string of the molecule is C[C@H](C(=O)O)[C@@H](C)NC(=O)NCc1ccc(Cl)cc1. The fourth-order valence-electron chi connectivity index (χ4n) is 1.38. The summed E-state index contributed by atoms with van der Waals surface area (Å²) in [6.07, 6.45) is 0. The quantitative estimate of drug-likeness (QED) is 0.776. The lowest BCUT2D eigenvalue weighted by Gasteiger charge is -2.18. The number of carboxylic acid groups (broad SMARTS) is 1. The van der Waals surface area contributed by atoms with Crippen LogP contribution in [0.2, 0.25) is 5.02 Å². The molecular formula is C13H17ClN2O3. The van der Waals surface area contributed by atoms with Crippen molar-refractivity contribution in [2.24, 2.45) is 5.92 Å². The Labute approximate surface area is 117 Å². The first-order valence-electron chi connectivity index (χ1n) is 5.91. The van der Waals surface area contributed by atoms with E-state index in [2.05, 4.69) is 10.6 Å². The number of hydrogen-bond donors (Lipinski definition) is 3. The van der Waals surface area contributed by atoms with Crippen molar-refractivity contribution < 1.29 is 14.7 Å². The van der Waals surface area contributed by atoms with Gasteiger partial charge in [0.25, 0.3) is 0 Å². The van der Waals surface area contributed by atoms with E-state index in [0.29, 0.717) is 11.6 Å². The van der Waals surface area contributed by atoms with E-state index in [1.165, 1.54) is 0 Å². The number of urea groups is 1. The van der Waals surface area contributed by atoms with Gasteiger partial charge in [-0.25, -0.2) is 4.79 Å². The maximum Gasteiger partial charge on any atom is 0.315 e. The lowest BCUT2D eigenvalue weighted by molar-refractivity contribution is -0.141. The molecule has 0 spiro atoms. The van der Waals surface area contributed by atoms with E-state index >= 15 is 0 Å². The Bertz CT molecular complexity index is 448. The second-order valence-corrected chi connectivity index (χ2v) is 4.81. The molecule has 0 saturated carbocycles. The number of rotatable bonds is 5. The fraction of sp³-hybridized carbons (Fsp3) is 0.385. The molecule has 0 aliphatic carbocycles. The minimum Gasteiger partial charge on any atom is -0.481 e. The Morgan fingerprint density at radius 1 is 1.26 bits per heavy atom. The van der Waals surface area contributed by atoms with E-state index in [4.69, 9.17) is 16.7 Å². The first kappa shape index (κ1) is 15.3. The summed E-state index contributed by atoms with van der Waals surface area (Å²) in [5.41, 5.74) is 0.915. The summed E-state index contributed by atoms with van der Waals surface area (Å²) in [5.74, 6) is -1.58. The van der Waals surface area contributed by atoms with Crippen LogP contribution in [0.3, 0.4) is 0 Å². The Hall–Kier alpha value is -1.75. The second-order valence-electron chi connectivity index (χ2n) is 4.37. The van der Waals surface area contributed by atoms with Gasteiger partial charge in [0.1, 0.15) is 0 Å². The number of halogens is 1. The zero-order valence-electron chi connectivity index (χ0n) is 10.8. The topological polar surface area (TPSA) is 78.4 Å². The largest absolute Gasteiger partial charge is 0.481 e. The van der Waals surface area contributed by atoms with Crippen molar-refractivity contribution in [3.05, 3.63) is 34.9 Å². The maximum absolute atomic E-state index is 11.6. The molecule has 0 saturated heterocycles. The lowest BCUT2D eigenvalue weighted by atomic mass is 10.0. The number of carboxylic acids is 1. The van der Waals surface area contributed by atoms with Crippen molar-refractivity contribution >= 4 is 23.6 Å². The van der Waals surface area contributed by atoms with Crippen molar-refractivity contribution in [1.82, 2.24) is 10.6 Å². The Morgan fingerprint density at radius 3 is 2.37 bits per heavy atom. The highest BCUT2D eigenvalue weighted by molar-refractivity contribution is 6.30. The third-order valence-corrected chi connectivity index (χ3v) is 3.12. The Balaban J connectivity index is 2.39. The third kappa shape index (κ3) is 5.18. The number of benzene rings is 1. The van der Waals surface area contributed by atoms with E-state index in [1.807, 2.05) is 12.1 Å². The molecule has 0 radical (unpaired) electrons. The number of amides is 2. The molecule has 0 unspecified atom stereocenters. The summed E-state index contributed by atoms with van der Waals surface area (Å²) in [6.45, 7) is 3.56. The molecule has 1 rings (SSSR count). The van der Waals surface area contributed by atoms with Gasteiger partial charge in [-0.2, -0.15) is 0 Å². The van der Waals surface area contributed by atoms with Crippen LogP contribution >= 0.6 is 11.6 Å². The summed E-state index contributed by atoms with van der Waals surface area (Å²) in [4.78, 5) is 22.3. The lowest BCUT2D eigenvalue weighted by Crippen LogP contribution is -2.44. The zero-order chi connectivity index (χ0) is 14.4. The van der Waals surface area contributed by atoms with Gasteiger partial charge in [-0.15, -0.1) is 0 Å². The van der Waals surface area contributed by atoms with Crippen LogP contribution in [-0.4, -0.2) is 23.1 Å². The molecule has 3 N–H and O–H groups in total. The van der Waals surface area contributed by atoms with Gasteiger partial charge in [-0.05, 0) is 31.5 Å². The van der Waals surface area contributed by atoms with Crippen molar-refractivity contribution in [2.75, 3.05) is 0 Å². The summed E-state index contributed by atoms with van der Waals surface area (Å²) in [7, 11) is 0. The molecule has 2 atom stereocenters. The summed E-state index contributed by atoms with van der Waals surface area (Å²) in [6, 6.07) is 6.27. The summed E-state index contributed by atoms with van der Waals surface area (Å²) >= 11 is 5.75. The average molecular weight is 285 g/mol. The van der Waals surface area contributed by atoms with Crippen LogP contribution in [0, 0.1) is 5.92 Å². The van der Waals surface area contributed by atoms with Crippen LogP contribution in [0.4, 0.5) is 4.79 Å². The Kier molecular flexibility index (Phi) is 5.63. The first-order chi connectivity index (χ1) is 8.90. The molecule has 5 nitrogen and oxygen atoms in total. The molecule has 104 valence electrons. The molecule has 6 heteroatoms. The average Bonchev–Trinajstić information content (AvgIpc) is 2.37. The second kappa shape index (κ2) is 6.99. The highest BCUT2D eigenvalue weighted by atomic mass is 35.5. The van der Waals surface area contributed by atoms with E-state index in [9.17, 15) is 9.59 Å². The van der Waals surface area contributed by atoms with Crippen LogP contribution in [0.25, 0.3) is 0 Å². The maximum atomic E-state index is 11.6. The molecule has 0 heterocycles. The molecule has 19 heavy (non-hydrogen) atoms. The molecule has 0 aliphatic rings. The first-order valence-corrected chi connectivity index (χ1v) is 6.29. The van der Waals surface area contributed by atoms with Crippen LogP contribution in [0.5, 0.6) is 0 Å². The van der Waals surface area contributed by atoms with Gasteiger partial charge in [-0.1, -0.05) is 23.7 Å². The van der Waals surface area contributed by atoms with Gasteiger partial charge in [0.2, 0.25) is 0 Å². The highest BCUT2D eigenvalue weighted by Crippen LogP contribution is 2.09. The van der Waals surface area contributed by atoms with E-state index < -0.39 is 24.0 Å². The predicted molar refractivity (Wildman–Crippen MR) is 73.1 cm³/mol. The molecular weight excluding hydrogens is 268 g/mol. The van der Waals surface area contributed by atoms with Crippen molar-refractivity contribution in [3.63, 3.8) is 0 Å². The van der Waals surface area contributed by atoms with Gasteiger partial charge in [0.05, 0.1) is 5.92 Å². The normalized spacial score (nSPS) is 13.4. The van der Waals surface area contributed by atoms with Crippen LogP contribution in [-0.2, 0) is 11.3 Å². The number of nitrogens with one attached hydrogen (secondary N) is 2. The van der Waals surface area contributed by atoms with Gasteiger partial charge < -0.3 is 15.7 Å². The summed E-state index contributed by atoms with van der Waals surface area (Å²) < 4.78 is 0. The Morgan fingerprint density at radius 2 is 1.84 bits per heavy atom. The predicted octanol–water partition coefficient (Wildman–Crippen LogP) is 2.25. The number of carbonyl (C=O) groups is 2. The molecule has 0 fully saturated rings. The van der Waals surface area contributed by atoms with Crippen molar-refractivity contribution in [1.29, 1.82) is 0 Å². The smallest absolute Gasteiger partial charge is 0.315 e. The molecule has 0 bridgehead atoms. The molecule has 2 amide bonds. The number of hydrogen-bond acceptors (Lipinski definition) is 2. The van der Waals surface area contributed by atoms with Gasteiger partial charge >= 0.3 is 12.0 Å². The van der Waals surface area contributed by atoms with Crippen LogP contribution < -0.4 is 10.6 Å². The van der Waals surface area contributed by atoms with Crippen molar-refractivity contribution in [3.8, 4) is 0 Å². The minimum atomic E-state index is -0.939. The monoisotopic (exact) mass is 284 g/mol. The van der Waals surface area contributed by atoms with Crippen LogP contribution in [0.1, 0.15) is 19.4 Å². The standard InChI is InChI=1S/C13H17ClN2O3/c1-8(12(17)18)9(2)16-13(19)15-7-10-3-5-11(14)6-4-10/h3-6,8-9H,7H2,1-2H3,(H,17,18)(H2,15,16,19)/t8-,9+/m0/s1.